The van der Waals surface area contributed by atoms with Gasteiger partial charge in [-0.1, -0.05) is 15.9 Å². The molecule has 1 amide bonds. The number of aliphatic hydroxyl groups excluding tert-OH is 1. The fraction of sp³-hybridized carbons (Fsp3) is 0.500. The molecule has 1 saturated carbocycles. The lowest BCUT2D eigenvalue weighted by atomic mass is 9.87. The van der Waals surface area contributed by atoms with Gasteiger partial charge in [0, 0.05) is 11.0 Å². The molecule has 5 heteroatoms. The summed E-state index contributed by atoms with van der Waals surface area (Å²) in [7, 11) is 0. The van der Waals surface area contributed by atoms with Crippen LogP contribution in [-0.2, 0) is 0 Å². The van der Waals surface area contributed by atoms with Gasteiger partial charge in [0.2, 0.25) is 0 Å². The predicted molar refractivity (Wildman–Crippen MR) is 74.4 cm³/mol. The van der Waals surface area contributed by atoms with Crippen LogP contribution in [0, 0.1) is 11.7 Å². The number of halogens is 2. The zero-order valence-electron chi connectivity index (χ0n) is 10.5. The molecule has 1 aromatic carbocycles. The zero-order valence-corrected chi connectivity index (χ0v) is 12.1. The third-order valence-electron chi connectivity index (χ3n) is 3.54. The molecule has 0 aromatic heterocycles. The highest BCUT2D eigenvalue weighted by Gasteiger charge is 2.20. The van der Waals surface area contributed by atoms with Gasteiger partial charge in [-0.05, 0) is 49.8 Å². The molecule has 0 unspecified atom stereocenters. The molecule has 1 aliphatic rings. The Labute approximate surface area is 120 Å². The molecule has 1 aliphatic carbocycles. The normalized spacial score (nSPS) is 23.1. The van der Waals surface area contributed by atoms with E-state index in [9.17, 15) is 14.3 Å². The van der Waals surface area contributed by atoms with E-state index in [1.807, 2.05) is 0 Å². The summed E-state index contributed by atoms with van der Waals surface area (Å²) >= 11 is 3.16. The zero-order chi connectivity index (χ0) is 13.8. The maximum absolute atomic E-state index is 13.6. The van der Waals surface area contributed by atoms with Crippen LogP contribution in [0.4, 0.5) is 4.39 Å². The van der Waals surface area contributed by atoms with Crippen molar-refractivity contribution < 1.29 is 14.3 Å². The number of rotatable bonds is 3. The van der Waals surface area contributed by atoms with Gasteiger partial charge in [0.1, 0.15) is 5.82 Å². The van der Waals surface area contributed by atoms with E-state index >= 15 is 0 Å². The minimum atomic E-state index is -0.522. The Morgan fingerprint density at radius 1 is 1.37 bits per heavy atom. The third-order valence-corrected chi connectivity index (χ3v) is 4.04. The first kappa shape index (κ1) is 14.5. The van der Waals surface area contributed by atoms with Crippen LogP contribution in [0.3, 0.4) is 0 Å². The summed E-state index contributed by atoms with van der Waals surface area (Å²) in [6.45, 7) is 0.543. The minimum absolute atomic E-state index is 0.0686. The van der Waals surface area contributed by atoms with Crippen LogP contribution in [0.15, 0.2) is 22.7 Å². The van der Waals surface area contributed by atoms with Gasteiger partial charge >= 0.3 is 0 Å². The van der Waals surface area contributed by atoms with Crippen LogP contribution in [0.2, 0.25) is 0 Å². The molecule has 19 heavy (non-hydrogen) atoms. The van der Waals surface area contributed by atoms with Crippen LogP contribution in [-0.4, -0.2) is 23.7 Å². The summed E-state index contributed by atoms with van der Waals surface area (Å²) in [5.74, 6) is -0.520. The number of aliphatic hydroxyl groups is 1. The average molecular weight is 330 g/mol. The third kappa shape index (κ3) is 4.01. The van der Waals surface area contributed by atoms with Gasteiger partial charge in [0.15, 0.2) is 0 Å². The summed E-state index contributed by atoms with van der Waals surface area (Å²) in [6, 6.07) is 4.40. The second-order valence-corrected chi connectivity index (χ2v) is 5.92. The van der Waals surface area contributed by atoms with E-state index in [1.165, 1.54) is 12.1 Å². The number of hydrogen-bond acceptors (Lipinski definition) is 2. The van der Waals surface area contributed by atoms with Gasteiger partial charge in [-0.3, -0.25) is 4.79 Å². The minimum Gasteiger partial charge on any atom is -0.393 e. The van der Waals surface area contributed by atoms with E-state index in [-0.39, 0.29) is 17.6 Å². The smallest absolute Gasteiger partial charge is 0.254 e. The van der Waals surface area contributed by atoms with Crippen LogP contribution >= 0.6 is 15.9 Å². The van der Waals surface area contributed by atoms with Gasteiger partial charge < -0.3 is 10.4 Å². The molecule has 2 rings (SSSR count). The second kappa shape index (κ2) is 6.48. The quantitative estimate of drug-likeness (QED) is 0.895. The highest BCUT2D eigenvalue weighted by molar-refractivity contribution is 9.10. The Balaban J connectivity index is 1.87. The van der Waals surface area contributed by atoms with Gasteiger partial charge in [-0.25, -0.2) is 4.39 Å². The first-order valence-corrected chi connectivity index (χ1v) is 7.27. The second-order valence-electron chi connectivity index (χ2n) is 5.01. The molecule has 1 fully saturated rings. The molecule has 0 atom stereocenters. The average Bonchev–Trinajstić information content (AvgIpc) is 2.37. The molecule has 2 N–H and O–H groups in total. The fourth-order valence-corrected chi connectivity index (χ4v) is 2.69. The molecule has 3 nitrogen and oxygen atoms in total. The molecule has 1 aromatic rings. The van der Waals surface area contributed by atoms with Crippen molar-refractivity contribution in [3.05, 3.63) is 34.1 Å². The number of carbonyl (C=O) groups is 1. The van der Waals surface area contributed by atoms with E-state index < -0.39 is 5.82 Å². The van der Waals surface area contributed by atoms with E-state index in [0.29, 0.717) is 16.9 Å². The van der Waals surface area contributed by atoms with Crippen LogP contribution < -0.4 is 5.32 Å². The molecule has 0 spiro atoms. The van der Waals surface area contributed by atoms with Crippen molar-refractivity contribution in [2.24, 2.45) is 5.92 Å². The summed E-state index contributed by atoms with van der Waals surface area (Å²) < 4.78 is 14.2. The van der Waals surface area contributed by atoms with Gasteiger partial charge in [-0.2, -0.15) is 0 Å². The molecule has 0 saturated heterocycles. The van der Waals surface area contributed by atoms with Gasteiger partial charge in [0.25, 0.3) is 5.91 Å². The Bertz CT molecular complexity index is 459. The van der Waals surface area contributed by atoms with E-state index in [2.05, 4.69) is 21.2 Å². The number of hydrogen-bond donors (Lipinski definition) is 2. The standard InChI is InChI=1S/C14H17BrFNO2/c15-10-3-6-12(13(16)7-10)14(19)17-8-9-1-4-11(18)5-2-9/h3,6-7,9,11,18H,1-2,4-5,8H2,(H,17,19). The first-order chi connectivity index (χ1) is 9.06. The lowest BCUT2D eigenvalue weighted by molar-refractivity contribution is 0.0907. The summed E-state index contributed by atoms with van der Waals surface area (Å²) in [6.07, 6.45) is 3.19. The van der Waals surface area contributed by atoms with Crippen molar-refractivity contribution >= 4 is 21.8 Å². The Morgan fingerprint density at radius 2 is 2.05 bits per heavy atom. The van der Waals surface area contributed by atoms with Crippen LogP contribution in [0.25, 0.3) is 0 Å². The number of carbonyl (C=O) groups excluding carboxylic acids is 1. The van der Waals surface area contributed by atoms with Gasteiger partial charge in [-0.15, -0.1) is 0 Å². The molecular weight excluding hydrogens is 313 g/mol. The SMILES string of the molecule is O=C(NCC1CCC(O)CC1)c1ccc(Br)cc1F. The Hall–Kier alpha value is -0.940. The van der Waals surface area contributed by atoms with Crippen molar-refractivity contribution in [2.75, 3.05) is 6.54 Å². The molecule has 0 heterocycles. The van der Waals surface area contributed by atoms with E-state index in [4.69, 9.17) is 0 Å². The van der Waals surface area contributed by atoms with E-state index in [1.54, 1.807) is 6.07 Å². The molecular formula is C14H17BrFNO2. The lowest BCUT2D eigenvalue weighted by Crippen LogP contribution is -2.32. The molecule has 104 valence electrons. The van der Waals surface area contributed by atoms with Crippen LogP contribution in [0.5, 0.6) is 0 Å². The number of benzene rings is 1. The summed E-state index contributed by atoms with van der Waals surface area (Å²) in [4.78, 5) is 11.9. The predicted octanol–water partition coefficient (Wildman–Crippen LogP) is 2.87. The Morgan fingerprint density at radius 3 is 2.68 bits per heavy atom. The highest BCUT2D eigenvalue weighted by Crippen LogP contribution is 2.23. The molecule has 0 bridgehead atoms. The highest BCUT2D eigenvalue weighted by atomic mass is 79.9. The largest absolute Gasteiger partial charge is 0.393 e. The summed E-state index contributed by atoms with van der Waals surface area (Å²) in [5.41, 5.74) is 0.0686. The number of nitrogens with one attached hydrogen (secondary N) is 1. The monoisotopic (exact) mass is 329 g/mol. The van der Waals surface area contributed by atoms with E-state index in [0.717, 1.165) is 25.7 Å². The lowest BCUT2D eigenvalue weighted by Gasteiger charge is -2.25. The van der Waals surface area contributed by atoms with Crippen molar-refractivity contribution in [3.8, 4) is 0 Å². The maximum Gasteiger partial charge on any atom is 0.254 e. The number of amides is 1. The molecule has 0 radical (unpaired) electrons. The Kier molecular flexibility index (Phi) is 4.93. The van der Waals surface area contributed by atoms with Crippen molar-refractivity contribution in [3.63, 3.8) is 0 Å². The van der Waals surface area contributed by atoms with Crippen molar-refractivity contribution in [1.29, 1.82) is 0 Å². The van der Waals surface area contributed by atoms with Crippen molar-refractivity contribution in [2.45, 2.75) is 31.8 Å². The maximum atomic E-state index is 13.6. The summed E-state index contributed by atoms with van der Waals surface area (Å²) in [5, 5.41) is 12.2. The van der Waals surface area contributed by atoms with Gasteiger partial charge in [0.05, 0.1) is 11.7 Å². The van der Waals surface area contributed by atoms with Crippen LogP contribution in [0.1, 0.15) is 36.0 Å². The first-order valence-electron chi connectivity index (χ1n) is 6.47. The fourth-order valence-electron chi connectivity index (χ4n) is 2.35. The van der Waals surface area contributed by atoms with Crippen molar-refractivity contribution in [1.82, 2.24) is 5.32 Å². The molecule has 0 aliphatic heterocycles. The topological polar surface area (TPSA) is 49.3 Å².